The molecule has 0 aromatic heterocycles. The van der Waals surface area contributed by atoms with Crippen LogP contribution in [0.2, 0.25) is 0 Å². The number of esters is 2. The van der Waals surface area contributed by atoms with Gasteiger partial charge >= 0.3 is 19.8 Å². The number of allylic oxidation sites excluding steroid dienone is 6. The minimum Gasteiger partial charge on any atom is -0.462 e. The van der Waals surface area contributed by atoms with Crippen LogP contribution in [0.3, 0.4) is 0 Å². The van der Waals surface area contributed by atoms with E-state index in [9.17, 15) is 24.2 Å². The number of carbonyl (C=O) groups excluding carboxylic acids is 2. The van der Waals surface area contributed by atoms with Gasteiger partial charge < -0.3 is 24.0 Å². The van der Waals surface area contributed by atoms with Crippen LogP contribution in [-0.2, 0) is 32.7 Å². The Morgan fingerprint density at radius 2 is 1.20 bits per heavy atom. The second kappa shape index (κ2) is 37.2. The minimum absolute atomic E-state index is 0.0101. The Hall–Kier alpha value is -2.07. The molecule has 0 aliphatic rings. The van der Waals surface area contributed by atoms with Gasteiger partial charge in [0.1, 0.15) is 19.8 Å². The van der Waals surface area contributed by atoms with Gasteiger partial charge in [-0.1, -0.05) is 159 Å². The Labute approximate surface area is 342 Å². The van der Waals surface area contributed by atoms with Crippen LogP contribution >= 0.6 is 7.82 Å². The van der Waals surface area contributed by atoms with Crippen molar-refractivity contribution < 1.29 is 47.2 Å². The molecule has 326 valence electrons. The second-order valence-electron chi connectivity index (χ2n) is 15.9. The van der Waals surface area contributed by atoms with Crippen molar-refractivity contribution in [2.45, 2.75) is 180 Å². The summed E-state index contributed by atoms with van der Waals surface area (Å²) in [6, 6.07) is 0. The van der Waals surface area contributed by atoms with Crippen LogP contribution < -0.4 is 0 Å². The summed E-state index contributed by atoms with van der Waals surface area (Å²) in [6.07, 6.45) is 39.0. The third-order valence-electron chi connectivity index (χ3n) is 9.19. The van der Waals surface area contributed by atoms with Gasteiger partial charge in [0, 0.05) is 12.8 Å². The lowest BCUT2D eigenvalue weighted by Crippen LogP contribution is -2.37. The number of hydrogen-bond donors (Lipinski definition) is 2. The number of phosphoric acid groups is 1. The Kier molecular flexibility index (Phi) is 35.8. The summed E-state index contributed by atoms with van der Waals surface area (Å²) in [5, 5.41) is 10.0. The van der Waals surface area contributed by atoms with Crippen LogP contribution in [0.4, 0.5) is 0 Å². The average Bonchev–Trinajstić information content (AvgIpc) is 3.14. The van der Waals surface area contributed by atoms with Crippen molar-refractivity contribution in [3.05, 3.63) is 48.6 Å². The summed E-state index contributed by atoms with van der Waals surface area (Å²) < 4.78 is 34.2. The number of carbonyl (C=O) groups is 2. The van der Waals surface area contributed by atoms with Crippen LogP contribution in [-0.4, -0.2) is 86.1 Å². The van der Waals surface area contributed by atoms with Gasteiger partial charge in [0.25, 0.3) is 0 Å². The van der Waals surface area contributed by atoms with E-state index >= 15 is 0 Å². The fourth-order valence-electron chi connectivity index (χ4n) is 5.68. The summed E-state index contributed by atoms with van der Waals surface area (Å²) in [5.41, 5.74) is 0. The maximum atomic E-state index is 12.7. The molecule has 0 rings (SSSR count). The molecule has 3 unspecified atom stereocenters. The predicted octanol–water partition coefficient (Wildman–Crippen LogP) is 11.3. The van der Waals surface area contributed by atoms with Gasteiger partial charge in [0.15, 0.2) is 6.10 Å². The summed E-state index contributed by atoms with van der Waals surface area (Å²) in [6.45, 7) is 4.23. The van der Waals surface area contributed by atoms with E-state index in [1.165, 1.54) is 89.9 Å². The van der Waals surface area contributed by atoms with Crippen molar-refractivity contribution in [1.82, 2.24) is 0 Å². The SMILES string of the molecule is CCCCC/C=C\CC(O)/C=C/C=C\C/C=C\CCCC(=O)OC(COC(=O)CCCCCCCCCCCCCCCC)COP(=O)(O)OCC[N+](C)(C)C. The molecule has 0 spiro atoms. The molecule has 11 heteroatoms. The first kappa shape index (κ1) is 53.9. The molecule has 0 bridgehead atoms. The minimum atomic E-state index is -4.40. The van der Waals surface area contributed by atoms with Gasteiger partial charge in [-0.2, -0.15) is 0 Å². The second-order valence-corrected chi connectivity index (χ2v) is 17.4. The normalized spacial score (nSPS) is 14.6. The summed E-state index contributed by atoms with van der Waals surface area (Å²) in [4.78, 5) is 35.3. The van der Waals surface area contributed by atoms with E-state index in [-0.39, 0.29) is 26.1 Å². The van der Waals surface area contributed by atoms with E-state index in [0.717, 1.165) is 32.1 Å². The van der Waals surface area contributed by atoms with E-state index in [2.05, 4.69) is 19.9 Å². The van der Waals surface area contributed by atoms with Crippen molar-refractivity contribution >= 4 is 19.8 Å². The molecule has 0 aromatic rings. The zero-order valence-electron chi connectivity index (χ0n) is 36.2. The van der Waals surface area contributed by atoms with E-state index in [0.29, 0.717) is 30.3 Å². The van der Waals surface area contributed by atoms with Crippen molar-refractivity contribution in [3.8, 4) is 0 Å². The smallest absolute Gasteiger partial charge is 0.462 e. The number of likely N-dealkylation sites (N-methyl/N-ethyl adjacent to an activating group) is 1. The number of aliphatic hydroxyl groups is 1. The Morgan fingerprint density at radius 1 is 0.643 bits per heavy atom. The molecule has 0 saturated carbocycles. The van der Waals surface area contributed by atoms with Gasteiger partial charge in [-0.25, -0.2) is 4.57 Å². The molecule has 0 aliphatic heterocycles. The summed E-state index contributed by atoms with van der Waals surface area (Å²) >= 11 is 0. The first-order chi connectivity index (χ1) is 26.9. The molecule has 0 fully saturated rings. The number of ether oxygens (including phenoxy) is 2. The van der Waals surface area contributed by atoms with E-state index < -0.39 is 38.6 Å². The lowest BCUT2D eigenvalue weighted by atomic mass is 10.0. The van der Waals surface area contributed by atoms with Crippen LogP contribution in [0.25, 0.3) is 0 Å². The molecule has 0 aliphatic carbocycles. The maximum Gasteiger partial charge on any atom is 0.472 e. The van der Waals surface area contributed by atoms with Crippen LogP contribution in [0.15, 0.2) is 48.6 Å². The first-order valence-electron chi connectivity index (χ1n) is 22.0. The van der Waals surface area contributed by atoms with E-state index in [4.69, 9.17) is 18.5 Å². The number of nitrogens with zero attached hydrogens (tertiary/aromatic N) is 1. The van der Waals surface area contributed by atoms with E-state index in [1.54, 1.807) is 6.08 Å². The molecular formula is C45H83NO9P+. The Bertz CT molecular complexity index is 1120. The Balaban J connectivity index is 4.53. The highest BCUT2D eigenvalue weighted by molar-refractivity contribution is 7.47. The number of rotatable bonds is 39. The quantitative estimate of drug-likeness (QED) is 0.0156. The lowest BCUT2D eigenvalue weighted by Gasteiger charge is -2.24. The highest BCUT2D eigenvalue weighted by Gasteiger charge is 2.27. The molecular weight excluding hydrogens is 729 g/mol. The van der Waals surface area contributed by atoms with Crippen LogP contribution in [0, 0.1) is 0 Å². The zero-order chi connectivity index (χ0) is 41.6. The van der Waals surface area contributed by atoms with E-state index in [1.807, 2.05) is 57.6 Å². The zero-order valence-corrected chi connectivity index (χ0v) is 37.1. The third-order valence-corrected chi connectivity index (χ3v) is 10.2. The van der Waals surface area contributed by atoms with Gasteiger partial charge in [-0.05, 0) is 44.9 Å². The van der Waals surface area contributed by atoms with Gasteiger partial charge in [-0.3, -0.25) is 18.6 Å². The molecule has 10 nitrogen and oxygen atoms in total. The largest absolute Gasteiger partial charge is 0.472 e. The van der Waals surface area contributed by atoms with Crippen LogP contribution in [0.1, 0.15) is 168 Å². The number of quaternary nitrogens is 1. The first-order valence-corrected chi connectivity index (χ1v) is 23.5. The highest BCUT2D eigenvalue weighted by atomic mass is 31.2. The van der Waals surface area contributed by atoms with Crippen LogP contribution in [0.5, 0.6) is 0 Å². The average molecular weight is 813 g/mol. The molecule has 0 amide bonds. The lowest BCUT2D eigenvalue weighted by molar-refractivity contribution is -0.870. The third kappa shape index (κ3) is 40.1. The van der Waals surface area contributed by atoms with Crippen molar-refractivity contribution in [2.24, 2.45) is 0 Å². The molecule has 0 radical (unpaired) electrons. The molecule has 56 heavy (non-hydrogen) atoms. The monoisotopic (exact) mass is 813 g/mol. The molecule has 3 atom stereocenters. The number of phosphoric ester groups is 1. The standard InChI is InChI=1S/C45H82NO9P/c1-6-8-10-12-14-15-16-17-18-19-20-24-28-32-36-44(48)52-40-43(41-54-56(50,51)53-39-38-46(3,4)5)55-45(49)37-33-29-25-22-21-23-27-31-35-42(47)34-30-26-13-11-9-7-2/h22-23,25-27,30-31,35,42-43,47H,6-21,24,28-29,32-34,36-41H2,1-5H3/p+1/b25-22-,27-23-,30-26-,35-31+. The van der Waals surface area contributed by atoms with Crippen molar-refractivity contribution in [3.63, 3.8) is 0 Å². The number of unbranched alkanes of at least 4 members (excludes halogenated alkanes) is 17. The highest BCUT2D eigenvalue weighted by Crippen LogP contribution is 2.43. The number of hydrogen-bond acceptors (Lipinski definition) is 8. The fourth-order valence-corrected chi connectivity index (χ4v) is 6.42. The predicted molar refractivity (Wildman–Crippen MR) is 230 cm³/mol. The van der Waals surface area contributed by atoms with Crippen molar-refractivity contribution in [1.29, 1.82) is 0 Å². The molecule has 0 heterocycles. The summed E-state index contributed by atoms with van der Waals surface area (Å²) in [5.74, 6) is -0.902. The molecule has 0 saturated heterocycles. The van der Waals surface area contributed by atoms with Crippen molar-refractivity contribution in [2.75, 3.05) is 47.5 Å². The Morgan fingerprint density at radius 3 is 1.82 bits per heavy atom. The molecule has 2 N–H and O–H groups in total. The van der Waals surface area contributed by atoms with Gasteiger partial charge in [0.2, 0.25) is 0 Å². The number of aliphatic hydroxyl groups excluding tert-OH is 1. The fraction of sp³-hybridized carbons (Fsp3) is 0.778. The molecule has 0 aromatic carbocycles. The maximum absolute atomic E-state index is 12.7. The topological polar surface area (TPSA) is 129 Å². The van der Waals surface area contributed by atoms with Gasteiger partial charge in [-0.15, -0.1) is 0 Å². The van der Waals surface area contributed by atoms with Gasteiger partial charge in [0.05, 0.1) is 33.9 Å². The summed E-state index contributed by atoms with van der Waals surface area (Å²) in [7, 11) is 1.40.